The van der Waals surface area contributed by atoms with Crippen LogP contribution in [0.1, 0.15) is 24.8 Å². The number of primary amides is 1. The van der Waals surface area contributed by atoms with Gasteiger partial charge in [-0.1, -0.05) is 12.1 Å². The molecule has 21 heavy (non-hydrogen) atoms. The molecule has 0 bridgehead atoms. The Kier molecular flexibility index (Phi) is 5.57. The summed E-state index contributed by atoms with van der Waals surface area (Å²) < 4.78 is 10.00. The van der Waals surface area contributed by atoms with Gasteiger partial charge in [0.1, 0.15) is 5.75 Å². The number of carbonyl (C=O) groups is 2. The van der Waals surface area contributed by atoms with Gasteiger partial charge in [-0.2, -0.15) is 0 Å². The van der Waals surface area contributed by atoms with E-state index in [0.717, 1.165) is 18.4 Å². The highest BCUT2D eigenvalue weighted by Gasteiger charge is 2.15. The van der Waals surface area contributed by atoms with Gasteiger partial charge in [0.25, 0.3) is 0 Å². The Morgan fingerprint density at radius 1 is 1.24 bits per heavy atom. The second-order valence-corrected chi connectivity index (χ2v) is 5.02. The molecule has 0 radical (unpaired) electrons. The molecule has 6 heteroatoms. The molecule has 1 aromatic rings. The van der Waals surface area contributed by atoms with Gasteiger partial charge in [-0.05, 0) is 37.0 Å². The number of ether oxygens (including phenoxy) is 2. The molecule has 1 saturated heterocycles. The molecule has 0 unspecified atom stereocenters. The van der Waals surface area contributed by atoms with E-state index in [1.165, 1.54) is 0 Å². The Bertz CT molecular complexity index is 481. The first-order valence-electron chi connectivity index (χ1n) is 7.07. The van der Waals surface area contributed by atoms with Crippen LogP contribution in [-0.2, 0) is 16.0 Å². The van der Waals surface area contributed by atoms with Crippen LogP contribution in [0.25, 0.3) is 0 Å². The zero-order chi connectivity index (χ0) is 15.1. The van der Waals surface area contributed by atoms with Crippen molar-refractivity contribution >= 4 is 12.0 Å². The summed E-state index contributed by atoms with van der Waals surface area (Å²) >= 11 is 0. The molecule has 1 aliphatic heterocycles. The Morgan fingerprint density at radius 3 is 2.52 bits per heavy atom. The number of rotatable bonds is 5. The van der Waals surface area contributed by atoms with E-state index in [-0.39, 0.29) is 11.9 Å². The minimum absolute atomic E-state index is 0.0550. The molecule has 6 nitrogen and oxygen atoms in total. The largest absolute Gasteiger partial charge is 0.411 e. The lowest BCUT2D eigenvalue weighted by molar-refractivity contribution is -0.122. The molecule has 0 spiro atoms. The van der Waals surface area contributed by atoms with Crippen molar-refractivity contribution in [1.29, 1.82) is 0 Å². The average Bonchev–Trinajstić information content (AvgIpc) is 2.47. The molecular formula is C15H20N2O4. The molecule has 3 N–H and O–H groups in total. The van der Waals surface area contributed by atoms with E-state index < -0.39 is 6.09 Å². The lowest BCUT2D eigenvalue weighted by atomic mass is 10.1. The summed E-state index contributed by atoms with van der Waals surface area (Å²) in [5.41, 5.74) is 5.94. The van der Waals surface area contributed by atoms with Crippen molar-refractivity contribution in [3.63, 3.8) is 0 Å². The Balaban J connectivity index is 1.74. The number of amides is 2. The van der Waals surface area contributed by atoms with Crippen LogP contribution < -0.4 is 15.8 Å². The molecule has 1 fully saturated rings. The number of benzene rings is 1. The maximum atomic E-state index is 11.9. The summed E-state index contributed by atoms with van der Waals surface area (Å²) in [6, 6.07) is 7.20. The molecule has 0 aliphatic carbocycles. The predicted molar refractivity (Wildman–Crippen MR) is 77.0 cm³/mol. The van der Waals surface area contributed by atoms with Crippen LogP contribution in [0, 0.1) is 0 Å². The second kappa shape index (κ2) is 7.64. The molecule has 1 heterocycles. The highest BCUT2D eigenvalue weighted by atomic mass is 16.5. The zero-order valence-electron chi connectivity index (χ0n) is 11.8. The summed E-state index contributed by atoms with van der Waals surface area (Å²) in [7, 11) is 0. The van der Waals surface area contributed by atoms with Crippen molar-refractivity contribution < 1.29 is 19.1 Å². The van der Waals surface area contributed by atoms with Crippen LogP contribution >= 0.6 is 0 Å². The van der Waals surface area contributed by atoms with Gasteiger partial charge in [-0.25, -0.2) is 4.79 Å². The van der Waals surface area contributed by atoms with Crippen molar-refractivity contribution in [1.82, 2.24) is 5.32 Å². The summed E-state index contributed by atoms with van der Waals surface area (Å²) in [6.45, 7) is 1.43. The summed E-state index contributed by atoms with van der Waals surface area (Å²) in [6.07, 6.45) is 2.01. The smallest absolute Gasteiger partial charge is 0.409 e. The zero-order valence-corrected chi connectivity index (χ0v) is 11.8. The van der Waals surface area contributed by atoms with Crippen molar-refractivity contribution in [3.05, 3.63) is 29.8 Å². The Labute approximate surface area is 123 Å². The topological polar surface area (TPSA) is 90.7 Å². The third-order valence-electron chi connectivity index (χ3n) is 3.37. The standard InChI is InChI=1S/C15H20N2O4/c16-15(19)21-13-4-1-11(2-5-13)3-6-14(18)17-12-7-9-20-10-8-12/h1-2,4-5,12H,3,6-10H2,(H2,16,19)(H,17,18). The average molecular weight is 292 g/mol. The van der Waals surface area contributed by atoms with E-state index in [1.807, 2.05) is 12.1 Å². The van der Waals surface area contributed by atoms with Crippen molar-refractivity contribution in [2.75, 3.05) is 13.2 Å². The van der Waals surface area contributed by atoms with E-state index in [2.05, 4.69) is 5.32 Å². The molecular weight excluding hydrogens is 272 g/mol. The highest BCUT2D eigenvalue weighted by Crippen LogP contribution is 2.13. The van der Waals surface area contributed by atoms with Crippen LogP contribution in [-0.4, -0.2) is 31.3 Å². The lowest BCUT2D eigenvalue weighted by Gasteiger charge is -2.23. The monoisotopic (exact) mass is 292 g/mol. The molecule has 2 amide bonds. The molecule has 2 rings (SSSR count). The van der Waals surface area contributed by atoms with Crippen LogP contribution in [0.4, 0.5) is 4.79 Å². The van der Waals surface area contributed by atoms with Crippen molar-refractivity contribution in [2.45, 2.75) is 31.7 Å². The molecule has 0 saturated carbocycles. The summed E-state index contributed by atoms with van der Waals surface area (Å²) in [5, 5.41) is 3.02. The normalized spacial score (nSPS) is 15.4. The Morgan fingerprint density at radius 2 is 1.90 bits per heavy atom. The van der Waals surface area contributed by atoms with E-state index in [1.54, 1.807) is 12.1 Å². The summed E-state index contributed by atoms with van der Waals surface area (Å²) in [5.74, 6) is 0.456. The maximum absolute atomic E-state index is 11.9. The van der Waals surface area contributed by atoms with Gasteiger partial charge in [-0.3, -0.25) is 4.79 Å². The number of hydrogen-bond donors (Lipinski definition) is 2. The fraction of sp³-hybridized carbons (Fsp3) is 0.467. The molecule has 0 aromatic heterocycles. The van der Waals surface area contributed by atoms with E-state index in [0.29, 0.717) is 31.8 Å². The first-order chi connectivity index (χ1) is 10.1. The quantitative estimate of drug-likeness (QED) is 0.857. The Hall–Kier alpha value is -2.08. The van der Waals surface area contributed by atoms with Gasteiger partial charge in [0, 0.05) is 25.7 Å². The van der Waals surface area contributed by atoms with Gasteiger partial charge in [-0.15, -0.1) is 0 Å². The first kappa shape index (κ1) is 15.3. The molecule has 1 aromatic carbocycles. The van der Waals surface area contributed by atoms with Crippen molar-refractivity contribution in [3.8, 4) is 5.75 Å². The van der Waals surface area contributed by atoms with Crippen LogP contribution in [0.2, 0.25) is 0 Å². The van der Waals surface area contributed by atoms with E-state index >= 15 is 0 Å². The van der Waals surface area contributed by atoms with Crippen LogP contribution in [0.5, 0.6) is 5.75 Å². The molecule has 0 atom stereocenters. The van der Waals surface area contributed by atoms with Gasteiger partial charge in [0.15, 0.2) is 0 Å². The number of hydrogen-bond acceptors (Lipinski definition) is 4. The minimum atomic E-state index is -0.835. The maximum Gasteiger partial charge on any atom is 0.409 e. The number of carbonyl (C=O) groups excluding carboxylic acids is 2. The van der Waals surface area contributed by atoms with Gasteiger partial charge in [0.05, 0.1) is 0 Å². The molecule has 1 aliphatic rings. The second-order valence-electron chi connectivity index (χ2n) is 5.02. The lowest BCUT2D eigenvalue weighted by Crippen LogP contribution is -2.38. The fourth-order valence-electron chi connectivity index (χ4n) is 2.24. The third-order valence-corrected chi connectivity index (χ3v) is 3.37. The van der Waals surface area contributed by atoms with Crippen LogP contribution in [0.15, 0.2) is 24.3 Å². The van der Waals surface area contributed by atoms with Gasteiger partial charge < -0.3 is 20.5 Å². The summed E-state index contributed by atoms with van der Waals surface area (Å²) in [4.78, 5) is 22.5. The number of nitrogens with two attached hydrogens (primary N) is 1. The third kappa shape index (κ3) is 5.43. The first-order valence-corrected chi connectivity index (χ1v) is 7.07. The highest BCUT2D eigenvalue weighted by molar-refractivity contribution is 5.76. The minimum Gasteiger partial charge on any atom is -0.411 e. The number of nitrogens with one attached hydrogen (secondary N) is 1. The van der Waals surface area contributed by atoms with Crippen LogP contribution in [0.3, 0.4) is 0 Å². The SMILES string of the molecule is NC(=O)Oc1ccc(CCC(=O)NC2CCOCC2)cc1. The van der Waals surface area contributed by atoms with Gasteiger partial charge >= 0.3 is 6.09 Å². The molecule has 114 valence electrons. The predicted octanol–water partition coefficient (Wildman–Crippen LogP) is 1.37. The fourth-order valence-corrected chi connectivity index (χ4v) is 2.24. The van der Waals surface area contributed by atoms with Crippen molar-refractivity contribution in [2.24, 2.45) is 5.73 Å². The van der Waals surface area contributed by atoms with E-state index in [9.17, 15) is 9.59 Å². The number of aryl methyl sites for hydroxylation is 1. The van der Waals surface area contributed by atoms with E-state index in [4.69, 9.17) is 15.2 Å². The van der Waals surface area contributed by atoms with Gasteiger partial charge in [0.2, 0.25) is 5.91 Å².